The SMILES string of the molecule is CCc1c(C(=O)NC2CNCCC2C)cnn1C(C)(C)C. The monoisotopic (exact) mass is 292 g/mol. The van der Waals surface area contributed by atoms with Crippen molar-refractivity contribution in [2.75, 3.05) is 13.1 Å². The Balaban J connectivity index is 2.17. The van der Waals surface area contributed by atoms with E-state index in [1.54, 1.807) is 6.20 Å². The van der Waals surface area contributed by atoms with Gasteiger partial charge in [-0.15, -0.1) is 0 Å². The van der Waals surface area contributed by atoms with Crippen molar-refractivity contribution in [3.8, 4) is 0 Å². The number of nitrogens with one attached hydrogen (secondary N) is 2. The zero-order valence-corrected chi connectivity index (χ0v) is 13.9. The van der Waals surface area contributed by atoms with Gasteiger partial charge in [-0.3, -0.25) is 9.48 Å². The third-order valence-electron chi connectivity index (χ3n) is 4.23. The number of nitrogens with zero attached hydrogens (tertiary/aromatic N) is 2. The molecule has 2 atom stereocenters. The first-order valence-corrected chi connectivity index (χ1v) is 7.93. The Bertz CT molecular complexity index is 501. The predicted molar refractivity (Wildman–Crippen MR) is 84.5 cm³/mol. The fourth-order valence-corrected chi connectivity index (χ4v) is 2.91. The summed E-state index contributed by atoms with van der Waals surface area (Å²) in [6.45, 7) is 12.5. The van der Waals surface area contributed by atoms with E-state index in [1.165, 1.54) is 0 Å². The van der Waals surface area contributed by atoms with E-state index in [-0.39, 0.29) is 17.5 Å². The average molecular weight is 292 g/mol. The summed E-state index contributed by atoms with van der Waals surface area (Å²) in [6.07, 6.45) is 3.62. The third-order valence-corrected chi connectivity index (χ3v) is 4.23. The van der Waals surface area contributed by atoms with Crippen LogP contribution in [0.3, 0.4) is 0 Å². The lowest BCUT2D eigenvalue weighted by atomic mass is 9.94. The van der Waals surface area contributed by atoms with Crippen LogP contribution in [0.5, 0.6) is 0 Å². The van der Waals surface area contributed by atoms with E-state index in [1.807, 2.05) is 4.68 Å². The van der Waals surface area contributed by atoms with Crippen LogP contribution in [0.4, 0.5) is 0 Å². The van der Waals surface area contributed by atoms with Crippen LogP contribution < -0.4 is 10.6 Å². The molecule has 2 rings (SSSR count). The number of carbonyl (C=O) groups is 1. The summed E-state index contributed by atoms with van der Waals surface area (Å²) in [5.41, 5.74) is 1.62. The van der Waals surface area contributed by atoms with Crippen molar-refractivity contribution in [1.82, 2.24) is 20.4 Å². The van der Waals surface area contributed by atoms with Crippen LogP contribution in [0.15, 0.2) is 6.20 Å². The molecule has 1 fully saturated rings. The molecule has 118 valence electrons. The molecule has 21 heavy (non-hydrogen) atoms. The van der Waals surface area contributed by atoms with Crippen LogP contribution in [-0.4, -0.2) is 34.8 Å². The summed E-state index contributed by atoms with van der Waals surface area (Å²) < 4.78 is 1.96. The molecule has 0 radical (unpaired) electrons. The minimum Gasteiger partial charge on any atom is -0.348 e. The Labute approximate surface area is 127 Å². The van der Waals surface area contributed by atoms with Gasteiger partial charge in [0.05, 0.1) is 23.0 Å². The van der Waals surface area contributed by atoms with E-state index in [0.29, 0.717) is 11.5 Å². The van der Waals surface area contributed by atoms with E-state index < -0.39 is 0 Å². The predicted octanol–water partition coefficient (Wildman–Crippen LogP) is 1.93. The van der Waals surface area contributed by atoms with Crippen molar-refractivity contribution in [2.45, 2.75) is 59.0 Å². The molecular weight excluding hydrogens is 264 g/mol. The van der Waals surface area contributed by atoms with Crippen LogP contribution in [-0.2, 0) is 12.0 Å². The molecule has 1 aromatic rings. The van der Waals surface area contributed by atoms with Crippen LogP contribution in [0.1, 0.15) is 57.1 Å². The Morgan fingerprint density at radius 2 is 2.24 bits per heavy atom. The number of amides is 1. The summed E-state index contributed by atoms with van der Waals surface area (Å²) in [7, 11) is 0. The van der Waals surface area contributed by atoms with Crippen molar-refractivity contribution in [3.63, 3.8) is 0 Å². The molecule has 5 nitrogen and oxygen atoms in total. The van der Waals surface area contributed by atoms with Gasteiger partial charge in [-0.2, -0.15) is 5.10 Å². The summed E-state index contributed by atoms with van der Waals surface area (Å²) >= 11 is 0. The van der Waals surface area contributed by atoms with Crippen LogP contribution >= 0.6 is 0 Å². The molecular formula is C16H28N4O. The highest BCUT2D eigenvalue weighted by Crippen LogP contribution is 2.20. The Kier molecular flexibility index (Phi) is 4.71. The third kappa shape index (κ3) is 3.46. The molecule has 0 spiro atoms. The van der Waals surface area contributed by atoms with Crippen molar-refractivity contribution in [2.24, 2.45) is 5.92 Å². The average Bonchev–Trinajstić information content (AvgIpc) is 2.85. The summed E-state index contributed by atoms with van der Waals surface area (Å²) in [5, 5.41) is 10.9. The number of aromatic nitrogens is 2. The molecule has 1 saturated heterocycles. The first-order chi connectivity index (χ1) is 9.84. The molecule has 2 heterocycles. The van der Waals surface area contributed by atoms with Crippen LogP contribution in [0.2, 0.25) is 0 Å². The number of hydrogen-bond acceptors (Lipinski definition) is 3. The highest BCUT2D eigenvalue weighted by atomic mass is 16.1. The Hall–Kier alpha value is -1.36. The molecule has 1 aliphatic heterocycles. The largest absolute Gasteiger partial charge is 0.348 e. The maximum absolute atomic E-state index is 12.6. The normalized spacial score (nSPS) is 23.1. The van der Waals surface area contributed by atoms with Gasteiger partial charge in [-0.1, -0.05) is 13.8 Å². The molecule has 2 N–H and O–H groups in total. The summed E-state index contributed by atoms with van der Waals surface area (Å²) in [5.74, 6) is 0.515. The molecule has 2 unspecified atom stereocenters. The Morgan fingerprint density at radius 1 is 1.52 bits per heavy atom. The van der Waals surface area contributed by atoms with E-state index in [9.17, 15) is 4.79 Å². The van der Waals surface area contributed by atoms with E-state index in [0.717, 1.165) is 31.6 Å². The van der Waals surface area contributed by atoms with Gasteiger partial charge in [-0.05, 0) is 46.1 Å². The van der Waals surface area contributed by atoms with Gasteiger partial charge in [0.25, 0.3) is 5.91 Å². The molecule has 1 aromatic heterocycles. The van der Waals surface area contributed by atoms with Crippen LogP contribution in [0.25, 0.3) is 0 Å². The van der Waals surface area contributed by atoms with Gasteiger partial charge >= 0.3 is 0 Å². The topological polar surface area (TPSA) is 59.0 Å². The van der Waals surface area contributed by atoms with Crippen molar-refractivity contribution >= 4 is 5.91 Å². The fourth-order valence-electron chi connectivity index (χ4n) is 2.91. The van der Waals surface area contributed by atoms with Gasteiger partial charge in [-0.25, -0.2) is 0 Å². The summed E-state index contributed by atoms with van der Waals surface area (Å²) in [6, 6.07) is 0.203. The number of hydrogen-bond donors (Lipinski definition) is 2. The summed E-state index contributed by atoms with van der Waals surface area (Å²) in [4.78, 5) is 12.6. The maximum atomic E-state index is 12.6. The zero-order chi connectivity index (χ0) is 15.6. The molecule has 0 bridgehead atoms. The van der Waals surface area contributed by atoms with Crippen molar-refractivity contribution in [1.29, 1.82) is 0 Å². The first kappa shape index (κ1) is 16.0. The molecule has 0 aromatic carbocycles. The second-order valence-electron chi connectivity index (χ2n) is 6.99. The maximum Gasteiger partial charge on any atom is 0.255 e. The lowest BCUT2D eigenvalue weighted by molar-refractivity contribution is 0.0914. The van der Waals surface area contributed by atoms with Gasteiger partial charge in [0.1, 0.15) is 0 Å². The highest BCUT2D eigenvalue weighted by Gasteiger charge is 2.27. The molecule has 1 aliphatic rings. The van der Waals surface area contributed by atoms with Crippen molar-refractivity contribution < 1.29 is 4.79 Å². The van der Waals surface area contributed by atoms with Gasteiger partial charge in [0, 0.05) is 12.6 Å². The van der Waals surface area contributed by atoms with Gasteiger partial charge in [0.2, 0.25) is 0 Å². The highest BCUT2D eigenvalue weighted by molar-refractivity contribution is 5.95. The molecule has 0 saturated carbocycles. The number of carbonyl (C=O) groups excluding carboxylic acids is 1. The lowest BCUT2D eigenvalue weighted by Gasteiger charge is -2.30. The molecule has 5 heteroatoms. The second-order valence-corrected chi connectivity index (χ2v) is 6.99. The fraction of sp³-hybridized carbons (Fsp3) is 0.750. The van der Waals surface area contributed by atoms with E-state index in [2.05, 4.69) is 50.4 Å². The smallest absolute Gasteiger partial charge is 0.255 e. The lowest BCUT2D eigenvalue weighted by Crippen LogP contribution is -2.50. The molecule has 0 aliphatic carbocycles. The number of rotatable bonds is 3. The van der Waals surface area contributed by atoms with E-state index in [4.69, 9.17) is 0 Å². The minimum atomic E-state index is -0.108. The van der Waals surface area contributed by atoms with E-state index >= 15 is 0 Å². The quantitative estimate of drug-likeness (QED) is 0.895. The van der Waals surface area contributed by atoms with Gasteiger partial charge < -0.3 is 10.6 Å². The minimum absolute atomic E-state index is 0.00269. The second kappa shape index (κ2) is 6.18. The standard InChI is InChI=1S/C16H28N4O/c1-6-14-12(9-18-20(14)16(3,4)5)15(21)19-13-10-17-8-7-11(13)2/h9,11,13,17H,6-8,10H2,1-5H3,(H,19,21). The first-order valence-electron chi connectivity index (χ1n) is 7.93. The zero-order valence-electron chi connectivity index (χ0n) is 13.9. The Morgan fingerprint density at radius 3 is 2.81 bits per heavy atom. The van der Waals surface area contributed by atoms with Crippen molar-refractivity contribution in [3.05, 3.63) is 17.5 Å². The van der Waals surface area contributed by atoms with Crippen LogP contribution in [0, 0.1) is 5.92 Å². The number of piperidine rings is 1. The molecule has 1 amide bonds. The van der Waals surface area contributed by atoms with Gasteiger partial charge in [0.15, 0.2) is 0 Å².